The number of fused-ring (bicyclic) bond motifs is 1. The summed E-state index contributed by atoms with van der Waals surface area (Å²) in [6.07, 6.45) is 4.93. The number of benzene rings is 2. The Balaban J connectivity index is 1.47. The van der Waals surface area contributed by atoms with Gasteiger partial charge in [-0.1, -0.05) is 54.6 Å². The van der Waals surface area contributed by atoms with Gasteiger partial charge in [-0.2, -0.15) is 0 Å². The molecule has 0 atom stereocenters. The van der Waals surface area contributed by atoms with E-state index >= 15 is 0 Å². The van der Waals surface area contributed by atoms with Gasteiger partial charge in [0.1, 0.15) is 0 Å². The summed E-state index contributed by atoms with van der Waals surface area (Å²) in [7, 11) is 0. The molecule has 1 fully saturated rings. The van der Waals surface area contributed by atoms with Crippen LogP contribution in [0.2, 0.25) is 0 Å². The lowest BCUT2D eigenvalue weighted by molar-refractivity contribution is -0.0186. The maximum absolute atomic E-state index is 10.9. The highest BCUT2D eigenvalue weighted by atomic mass is 16.3. The first kappa shape index (κ1) is 13.6. The van der Waals surface area contributed by atoms with Crippen molar-refractivity contribution in [1.29, 1.82) is 0 Å². The smallest absolute Gasteiger partial charge is 0.0930 e. The van der Waals surface area contributed by atoms with E-state index in [9.17, 15) is 5.11 Å². The minimum Gasteiger partial charge on any atom is -0.385 e. The third kappa shape index (κ3) is 2.34. The van der Waals surface area contributed by atoms with Crippen molar-refractivity contribution in [2.24, 2.45) is 0 Å². The number of allylic oxidation sites excluding steroid dienone is 1. The monoisotopic (exact) mass is 291 g/mol. The van der Waals surface area contributed by atoms with Crippen molar-refractivity contribution in [2.75, 3.05) is 13.1 Å². The molecule has 0 amide bonds. The van der Waals surface area contributed by atoms with E-state index in [1.54, 1.807) is 0 Å². The predicted octanol–water partition coefficient (Wildman–Crippen LogP) is 3.57. The molecule has 1 saturated heterocycles. The van der Waals surface area contributed by atoms with Gasteiger partial charge in [0.05, 0.1) is 5.60 Å². The SMILES string of the molecule is OC1(c2ccccc2)CCN(C2=Cc3ccccc3C2)CC1. The molecular formula is C20H21NO. The van der Waals surface area contributed by atoms with Crippen molar-refractivity contribution >= 4 is 6.08 Å². The molecule has 2 aliphatic rings. The molecular weight excluding hydrogens is 270 g/mol. The Bertz CT molecular complexity index is 697. The third-order valence-corrected chi connectivity index (χ3v) is 5.06. The second-order valence-electron chi connectivity index (χ2n) is 6.40. The Morgan fingerprint density at radius 3 is 2.27 bits per heavy atom. The summed E-state index contributed by atoms with van der Waals surface area (Å²) in [5.74, 6) is 0. The molecule has 0 unspecified atom stereocenters. The van der Waals surface area contributed by atoms with E-state index in [0.29, 0.717) is 0 Å². The minimum absolute atomic E-state index is 0.663. The molecule has 0 radical (unpaired) electrons. The fraction of sp³-hybridized carbons (Fsp3) is 0.300. The third-order valence-electron chi connectivity index (χ3n) is 5.06. The second-order valence-corrected chi connectivity index (χ2v) is 6.40. The van der Waals surface area contributed by atoms with Crippen LogP contribution in [0.1, 0.15) is 29.5 Å². The number of rotatable bonds is 2. The number of likely N-dealkylation sites (tertiary alicyclic amines) is 1. The lowest BCUT2D eigenvalue weighted by Gasteiger charge is -2.40. The number of hydrogen-bond acceptors (Lipinski definition) is 2. The average molecular weight is 291 g/mol. The predicted molar refractivity (Wildman–Crippen MR) is 89.3 cm³/mol. The molecule has 112 valence electrons. The highest BCUT2D eigenvalue weighted by Gasteiger charge is 2.34. The molecule has 0 aromatic heterocycles. The number of aliphatic hydroxyl groups is 1. The molecule has 0 spiro atoms. The van der Waals surface area contributed by atoms with Crippen LogP contribution in [0.25, 0.3) is 6.08 Å². The Labute approximate surface area is 131 Å². The van der Waals surface area contributed by atoms with E-state index in [2.05, 4.69) is 35.2 Å². The summed E-state index contributed by atoms with van der Waals surface area (Å²) in [6, 6.07) is 18.7. The van der Waals surface area contributed by atoms with Crippen LogP contribution < -0.4 is 0 Å². The van der Waals surface area contributed by atoms with Gasteiger partial charge in [0.25, 0.3) is 0 Å². The highest BCUT2D eigenvalue weighted by Crippen LogP contribution is 2.36. The van der Waals surface area contributed by atoms with E-state index in [0.717, 1.165) is 37.9 Å². The quantitative estimate of drug-likeness (QED) is 0.914. The van der Waals surface area contributed by atoms with Gasteiger partial charge in [-0.15, -0.1) is 0 Å². The first-order valence-electron chi connectivity index (χ1n) is 8.06. The van der Waals surface area contributed by atoms with E-state index in [1.807, 2.05) is 30.3 Å². The first-order chi connectivity index (χ1) is 10.7. The molecule has 2 heteroatoms. The molecule has 4 rings (SSSR count). The van der Waals surface area contributed by atoms with Gasteiger partial charge in [-0.3, -0.25) is 0 Å². The lowest BCUT2D eigenvalue weighted by Crippen LogP contribution is -2.42. The molecule has 1 heterocycles. The summed E-state index contributed by atoms with van der Waals surface area (Å²) in [4.78, 5) is 2.44. The Kier molecular flexibility index (Phi) is 3.27. The minimum atomic E-state index is -0.663. The number of piperidine rings is 1. The van der Waals surface area contributed by atoms with Crippen LogP contribution in [-0.2, 0) is 12.0 Å². The Morgan fingerprint density at radius 2 is 1.55 bits per heavy atom. The fourth-order valence-electron chi connectivity index (χ4n) is 3.67. The van der Waals surface area contributed by atoms with Gasteiger partial charge >= 0.3 is 0 Å². The molecule has 2 nitrogen and oxygen atoms in total. The van der Waals surface area contributed by atoms with Gasteiger partial charge in [-0.25, -0.2) is 0 Å². The van der Waals surface area contributed by atoms with Crippen LogP contribution >= 0.6 is 0 Å². The molecule has 2 aromatic rings. The van der Waals surface area contributed by atoms with Gasteiger partial charge in [0, 0.05) is 25.2 Å². The van der Waals surface area contributed by atoms with Crippen molar-refractivity contribution in [2.45, 2.75) is 24.9 Å². The highest BCUT2D eigenvalue weighted by molar-refractivity contribution is 5.63. The van der Waals surface area contributed by atoms with Crippen molar-refractivity contribution in [3.63, 3.8) is 0 Å². The van der Waals surface area contributed by atoms with Crippen molar-refractivity contribution < 1.29 is 5.11 Å². The topological polar surface area (TPSA) is 23.5 Å². The van der Waals surface area contributed by atoms with Gasteiger partial charge in [0.2, 0.25) is 0 Å². The zero-order chi connectivity index (χ0) is 15.0. The summed E-state index contributed by atoms with van der Waals surface area (Å²) in [5.41, 5.74) is 4.56. The average Bonchev–Trinajstić information content (AvgIpc) is 3.00. The van der Waals surface area contributed by atoms with Gasteiger partial charge in [-0.05, 0) is 35.6 Å². The molecule has 1 aliphatic carbocycles. The van der Waals surface area contributed by atoms with Gasteiger partial charge < -0.3 is 10.0 Å². The van der Waals surface area contributed by atoms with Crippen LogP contribution in [-0.4, -0.2) is 23.1 Å². The van der Waals surface area contributed by atoms with Crippen LogP contribution in [0.4, 0.5) is 0 Å². The van der Waals surface area contributed by atoms with Crippen molar-refractivity contribution in [3.8, 4) is 0 Å². The van der Waals surface area contributed by atoms with Crippen LogP contribution in [0.15, 0.2) is 60.3 Å². The zero-order valence-corrected chi connectivity index (χ0v) is 12.7. The van der Waals surface area contributed by atoms with E-state index in [1.165, 1.54) is 16.8 Å². The number of nitrogens with zero attached hydrogens (tertiary/aromatic N) is 1. The fourth-order valence-corrected chi connectivity index (χ4v) is 3.67. The maximum atomic E-state index is 10.9. The zero-order valence-electron chi connectivity index (χ0n) is 12.7. The molecule has 2 aromatic carbocycles. The Hall–Kier alpha value is -2.06. The standard InChI is InChI=1S/C20H21NO/c22-20(18-8-2-1-3-9-18)10-12-21(13-11-20)19-14-16-6-4-5-7-17(16)15-19/h1-9,14,22H,10-13,15H2. The van der Waals surface area contributed by atoms with E-state index < -0.39 is 5.60 Å². The summed E-state index contributed by atoms with van der Waals surface area (Å²) in [6.45, 7) is 1.84. The second kappa shape index (κ2) is 5.29. The molecule has 1 N–H and O–H groups in total. The molecule has 22 heavy (non-hydrogen) atoms. The first-order valence-corrected chi connectivity index (χ1v) is 8.06. The molecule has 1 aliphatic heterocycles. The van der Waals surface area contributed by atoms with Crippen molar-refractivity contribution in [3.05, 3.63) is 77.0 Å². The van der Waals surface area contributed by atoms with Crippen molar-refractivity contribution in [1.82, 2.24) is 4.90 Å². The summed E-state index contributed by atoms with van der Waals surface area (Å²) in [5, 5.41) is 10.9. The van der Waals surface area contributed by atoms with Crippen LogP contribution in [0.5, 0.6) is 0 Å². The molecule has 0 bridgehead atoms. The largest absolute Gasteiger partial charge is 0.385 e. The lowest BCUT2D eigenvalue weighted by atomic mass is 9.84. The maximum Gasteiger partial charge on any atom is 0.0930 e. The summed E-state index contributed by atoms with van der Waals surface area (Å²) >= 11 is 0. The number of hydrogen-bond donors (Lipinski definition) is 1. The Morgan fingerprint density at radius 1 is 0.864 bits per heavy atom. The summed E-state index contributed by atoms with van der Waals surface area (Å²) < 4.78 is 0. The van der Waals surface area contributed by atoms with Gasteiger partial charge in [0.15, 0.2) is 0 Å². The molecule has 0 saturated carbocycles. The van der Waals surface area contributed by atoms with Crippen LogP contribution in [0, 0.1) is 0 Å². The van der Waals surface area contributed by atoms with E-state index in [4.69, 9.17) is 0 Å². The normalized spacial score (nSPS) is 19.7. The van der Waals surface area contributed by atoms with E-state index in [-0.39, 0.29) is 0 Å². The van der Waals surface area contributed by atoms with Crippen LogP contribution in [0.3, 0.4) is 0 Å².